The molecule has 0 aliphatic carbocycles. The predicted molar refractivity (Wildman–Crippen MR) is 104 cm³/mol. The third kappa shape index (κ3) is 10.5. The van der Waals surface area contributed by atoms with Crippen LogP contribution >= 0.6 is 0 Å². The molecule has 0 aromatic heterocycles. The summed E-state index contributed by atoms with van der Waals surface area (Å²) in [6.45, 7) is 2.94. The van der Waals surface area contributed by atoms with Crippen LogP contribution in [0, 0.1) is 0 Å². The van der Waals surface area contributed by atoms with Gasteiger partial charge < -0.3 is 15.5 Å². The molecule has 0 saturated heterocycles. The molecule has 1 aromatic rings. The van der Waals surface area contributed by atoms with Crippen molar-refractivity contribution in [2.45, 2.75) is 71.1 Å². The molecular formula is C21H33NO3. The molecule has 140 valence electrons. The van der Waals surface area contributed by atoms with E-state index in [1.165, 1.54) is 69.6 Å². The number of hydrogen-bond donors (Lipinski definition) is 3. The number of benzene rings is 1. The van der Waals surface area contributed by atoms with Crippen molar-refractivity contribution in [3.63, 3.8) is 0 Å². The minimum Gasteiger partial charge on any atom is -0.504 e. The highest BCUT2D eigenvalue weighted by molar-refractivity contribution is 5.91. The lowest BCUT2D eigenvalue weighted by Crippen LogP contribution is -2.21. The Morgan fingerprint density at radius 3 is 2.12 bits per heavy atom. The molecule has 0 fully saturated rings. The van der Waals surface area contributed by atoms with Crippen molar-refractivity contribution in [2.75, 3.05) is 6.54 Å². The fraction of sp³-hybridized carbons (Fsp3) is 0.571. The molecule has 4 heteroatoms. The zero-order valence-electron chi connectivity index (χ0n) is 15.5. The minimum atomic E-state index is -0.187. The zero-order valence-corrected chi connectivity index (χ0v) is 15.5. The fourth-order valence-corrected chi connectivity index (χ4v) is 2.70. The van der Waals surface area contributed by atoms with Gasteiger partial charge in [0, 0.05) is 12.6 Å². The summed E-state index contributed by atoms with van der Waals surface area (Å²) in [5.41, 5.74) is 0.671. The number of hydrogen-bond acceptors (Lipinski definition) is 3. The maximum absolute atomic E-state index is 11.7. The number of phenols is 2. The molecule has 0 atom stereocenters. The average Bonchev–Trinajstić information content (AvgIpc) is 2.60. The second kappa shape index (κ2) is 13.3. The Balaban J connectivity index is 2.01. The van der Waals surface area contributed by atoms with Crippen LogP contribution in [-0.4, -0.2) is 22.7 Å². The van der Waals surface area contributed by atoms with Crippen LogP contribution in [0.4, 0.5) is 0 Å². The van der Waals surface area contributed by atoms with Crippen molar-refractivity contribution >= 4 is 12.0 Å². The molecule has 0 spiro atoms. The molecule has 1 aromatic carbocycles. The third-order valence-electron chi connectivity index (χ3n) is 4.26. The molecule has 0 heterocycles. The predicted octanol–water partition coefficient (Wildman–Crippen LogP) is 5.15. The van der Waals surface area contributed by atoms with Crippen LogP contribution < -0.4 is 5.32 Å². The van der Waals surface area contributed by atoms with Crippen molar-refractivity contribution < 1.29 is 15.0 Å². The quantitative estimate of drug-likeness (QED) is 0.263. The molecule has 0 aliphatic heterocycles. The van der Waals surface area contributed by atoms with Gasteiger partial charge in [-0.2, -0.15) is 0 Å². The first-order chi connectivity index (χ1) is 12.1. The standard InChI is InChI=1S/C21H33NO3/c1-2-3-4-5-6-7-8-9-10-11-16-22-21(25)15-13-18-12-14-19(23)20(24)17-18/h12-15,17,23-24H,2-11,16H2,1H3,(H,22,25). The van der Waals surface area contributed by atoms with Gasteiger partial charge in [0.2, 0.25) is 5.91 Å². The molecule has 0 radical (unpaired) electrons. The highest BCUT2D eigenvalue weighted by Crippen LogP contribution is 2.25. The van der Waals surface area contributed by atoms with Crippen LogP contribution in [0.5, 0.6) is 11.5 Å². The maximum Gasteiger partial charge on any atom is 0.243 e. The van der Waals surface area contributed by atoms with E-state index < -0.39 is 0 Å². The molecule has 0 bridgehead atoms. The van der Waals surface area contributed by atoms with Crippen molar-refractivity contribution in [1.29, 1.82) is 0 Å². The maximum atomic E-state index is 11.7. The van der Waals surface area contributed by atoms with Crippen LogP contribution in [0.3, 0.4) is 0 Å². The average molecular weight is 347 g/mol. The summed E-state index contributed by atoms with van der Waals surface area (Å²) in [7, 11) is 0. The highest BCUT2D eigenvalue weighted by Gasteiger charge is 1.99. The lowest BCUT2D eigenvalue weighted by molar-refractivity contribution is -0.116. The summed E-state index contributed by atoms with van der Waals surface area (Å²) in [6.07, 6.45) is 15.9. The summed E-state index contributed by atoms with van der Waals surface area (Å²) in [5.74, 6) is -0.487. The number of aromatic hydroxyl groups is 2. The summed E-state index contributed by atoms with van der Waals surface area (Å²) in [6, 6.07) is 4.46. The smallest absolute Gasteiger partial charge is 0.243 e. The van der Waals surface area contributed by atoms with E-state index in [0.717, 1.165) is 12.8 Å². The second-order valence-electron chi connectivity index (χ2n) is 6.55. The molecule has 1 amide bonds. The molecular weight excluding hydrogens is 314 g/mol. The van der Waals surface area contributed by atoms with Gasteiger partial charge in [-0.3, -0.25) is 4.79 Å². The van der Waals surface area contributed by atoms with Gasteiger partial charge in [0.05, 0.1) is 0 Å². The van der Waals surface area contributed by atoms with E-state index >= 15 is 0 Å². The van der Waals surface area contributed by atoms with Crippen molar-refractivity contribution in [3.05, 3.63) is 29.8 Å². The molecule has 0 aliphatic rings. The molecule has 1 rings (SSSR count). The number of amides is 1. The molecule has 3 N–H and O–H groups in total. The summed E-state index contributed by atoms with van der Waals surface area (Å²) in [5, 5.41) is 21.5. The van der Waals surface area contributed by atoms with Gasteiger partial charge in [-0.05, 0) is 30.2 Å². The van der Waals surface area contributed by atoms with E-state index in [4.69, 9.17) is 0 Å². The Labute approximate surface area is 152 Å². The van der Waals surface area contributed by atoms with Gasteiger partial charge in [-0.25, -0.2) is 0 Å². The lowest BCUT2D eigenvalue weighted by atomic mass is 10.1. The van der Waals surface area contributed by atoms with E-state index in [9.17, 15) is 15.0 Å². The van der Waals surface area contributed by atoms with E-state index in [1.54, 1.807) is 12.1 Å². The van der Waals surface area contributed by atoms with Gasteiger partial charge in [-0.1, -0.05) is 70.8 Å². The van der Waals surface area contributed by atoms with Crippen LogP contribution in [0.25, 0.3) is 6.08 Å². The monoisotopic (exact) mass is 347 g/mol. The normalized spacial score (nSPS) is 11.1. The topological polar surface area (TPSA) is 69.6 Å². The van der Waals surface area contributed by atoms with E-state index in [2.05, 4.69) is 12.2 Å². The molecule has 4 nitrogen and oxygen atoms in total. The minimum absolute atomic E-state index is 0.136. The van der Waals surface area contributed by atoms with Gasteiger partial charge in [0.1, 0.15) is 0 Å². The first-order valence-electron chi connectivity index (χ1n) is 9.61. The zero-order chi connectivity index (χ0) is 18.3. The van der Waals surface area contributed by atoms with Crippen LogP contribution in [0.15, 0.2) is 24.3 Å². The van der Waals surface area contributed by atoms with Crippen molar-refractivity contribution in [3.8, 4) is 11.5 Å². The van der Waals surface area contributed by atoms with Crippen LogP contribution in [0.2, 0.25) is 0 Å². The Kier molecular flexibility index (Phi) is 11.2. The van der Waals surface area contributed by atoms with E-state index in [0.29, 0.717) is 12.1 Å². The largest absolute Gasteiger partial charge is 0.504 e. The van der Waals surface area contributed by atoms with Crippen LogP contribution in [0.1, 0.15) is 76.7 Å². The summed E-state index contributed by atoms with van der Waals surface area (Å²) < 4.78 is 0. The Hall–Kier alpha value is -1.97. The number of phenolic OH excluding ortho intramolecular Hbond substituents is 2. The van der Waals surface area contributed by atoms with Gasteiger partial charge >= 0.3 is 0 Å². The van der Waals surface area contributed by atoms with Crippen LogP contribution in [-0.2, 0) is 4.79 Å². The van der Waals surface area contributed by atoms with Crippen molar-refractivity contribution in [2.24, 2.45) is 0 Å². The lowest BCUT2D eigenvalue weighted by Gasteiger charge is -2.03. The first-order valence-corrected chi connectivity index (χ1v) is 9.61. The number of carbonyl (C=O) groups excluding carboxylic acids is 1. The fourth-order valence-electron chi connectivity index (χ4n) is 2.70. The van der Waals surface area contributed by atoms with E-state index in [-0.39, 0.29) is 17.4 Å². The van der Waals surface area contributed by atoms with Gasteiger partial charge in [-0.15, -0.1) is 0 Å². The molecule has 25 heavy (non-hydrogen) atoms. The molecule has 0 saturated carbocycles. The first kappa shape index (κ1) is 21.1. The SMILES string of the molecule is CCCCCCCCCCCCNC(=O)C=Cc1ccc(O)c(O)c1. The summed E-state index contributed by atoms with van der Waals surface area (Å²) >= 11 is 0. The number of unbranched alkanes of at least 4 members (excludes halogenated alkanes) is 9. The Morgan fingerprint density at radius 2 is 1.52 bits per heavy atom. The van der Waals surface area contributed by atoms with Crippen molar-refractivity contribution in [1.82, 2.24) is 5.32 Å². The number of carbonyl (C=O) groups is 1. The third-order valence-corrected chi connectivity index (χ3v) is 4.26. The Bertz CT molecular complexity index is 526. The highest BCUT2D eigenvalue weighted by atomic mass is 16.3. The van der Waals surface area contributed by atoms with Gasteiger partial charge in [0.15, 0.2) is 11.5 Å². The number of nitrogens with one attached hydrogen (secondary N) is 1. The molecule has 0 unspecified atom stereocenters. The van der Waals surface area contributed by atoms with E-state index in [1.807, 2.05) is 0 Å². The number of rotatable bonds is 13. The summed E-state index contributed by atoms with van der Waals surface area (Å²) in [4.78, 5) is 11.7. The Morgan fingerprint density at radius 1 is 0.920 bits per heavy atom. The van der Waals surface area contributed by atoms with Gasteiger partial charge in [0.25, 0.3) is 0 Å². The second-order valence-corrected chi connectivity index (χ2v) is 6.55.